The molecule has 0 bridgehead atoms. The molecule has 4 heterocycles. The highest BCUT2D eigenvalue weighted by atomic mass is 32.1. The largest absolute Gasteiger partial charge is 0.352 e. The average Bonchev–Trinajstić information content (AvgIpc) is 3.58. The van der Waals surface area contributed by atoms with Crippen LogP contribution >= 0.6 is 23.6 Å². The summed E-state index contributed by atoms with van der Waals surface area (Å²) >= 11 is 7.40. The normalized spacial score (nSPS) is 17.3. The van der Waals surface area contributed by atoms with Crippen molar-refractivity contribution in [2.24, 2.45) is 0 Å². The molecular formula is C27H28N6OS2. The maximum absolute atomic E-state index is 12.9. The SMILES string of the molecule is Cc1ccccc1NC(=O)CCN1C(=S)N[C@H](c2ccccn2)[C@H]1c1cc(C)n(-c2nccs2)c1C. The molecule has 2 atom stereocenters. The van der Waals surface area contributed by atoms with Crippen molar-refractivity contribution >= 4 is 40.3 Å². The summed E-state index contributed by atoms with van der Waals surface area (Å²) in [6.45, 7) is 6.68. The average molecular weight is 517 g/mol. The quantitative estimate of drug-likeness (QED) is 0.327. The van der Waals surface area contributed by atoms with Gasteiger partial charge in [0, 0.05) is 47.8 Å². The van der Waals surface area contributed by atoms with Crippen LogP contribution in [0.1, 0.15) is 46.7 Å². The number of benzene rings is 1. The number of aromatic nitrogens is 3. The number of carbonyl (C=O) groups excluding carboxylic acids is 1. The van der Waals surface area contributed by atoms with Gasteiger partial charge in [0.05, 0.1) is 17.8 Å². The molecule has 1 fully saturated rings. The molecule has 0 spiro atoms. The number of pyridine rings is 1. The maximum Gasteiger partial charge on any atom is 0.226 e. The molecule has 2 N–H and O–H groups in total. The molecule has 5 rings (SSSR count). The summed E-state index contributed by atoms with van der Waals surface area (Å²) < 4.78 is 2.18. The summed E-state index contributed by atoms with van der Waals surface area (Å²) in [7, 11) is 0. The van der Waals surface area contributed by atoms with Crippen LogP contribution in [0.15, 0.2) is 66.3 Å². The Hall–Kier alpha value is -3.56. The zero-order chi connectivity index (χ0) is 25.2. The molecule has 0 aliphatic carbocycles. The minimum Gasteiger partial charge on any atom is -0.352 e. The Morgan fingerprint density at radius 3 is 2.64 bits per heavy atom. The molecule has 1 saturated heterocycles. The molecule has 9 heteroatoms. The third-order valence-electron chi connectivity index (χ3n) is 6.60. The van der Waals surface area contributed by atoms with Gasteiger partial charge in [-0.15, -0.1) is 11.3 Å². The van der Waals surface area contributed by atoms with E-state index in [-0.39, 0.29) is 18.0 Å². The van der Waals surface area contributed by atoms with Crippen LogP contribution in [0.5, 0.6) is 0 Å². The van der Waals surface area contributed by atoms with Gasteiger partial charge in [-0.3, -0.25) is 14.3 Å². The number of aryl methyl sites for hydroxylation is 2. The summed E-state index contributed by atoms with van der Waals surface area (Å²) in [5.41, 5.74) is 6.13. The van der Waals surface area contributed by atoms with Crippen LogP contribution in [0.2, 0.25) is 0 Å². The molecule has 1 aromatic carbocycles. The highest BCUT2D eigenvalue weighted by molar-refractivity contribution is 7.80. The van der Waals surface area contributed by atoms with E-state index < -0.39 is 0 Å². The Balaban J connectivity index is 1.46. The van der Waals surface area contributed by atoms with Crippen LogP contribution in [-0.4, -0.2) is 37.0 Å². The molecule has 7 nitrogen and oxygen atoms in total. The van der Waals surface area contributed by atoms with Gasteiger partial charge in [0.1, 0.15) is 0 Å². The molecule has 1 amide bonds. The van der Waals surface area contributed by atoms with Gasteiger partial charge in [-0.2, -0.15) is 0 Å². The predicted octanol–water partition coefficient (Wildman–Crippen LogP) is 5.26. The van der Waals surface area contributed by atoms with Gasteiger partial charge in [-0.25, -0.2) is 4.98 Å². The van der Waals surface area contributed by atoms with Crippen LogP contribution in [0, 0.1) is 20.8 Å². The van der Waals surface area contributed by atoms with Crippen molar-refractivity contribution in [3.63, 3.8) is 0 Å². The first kappa shape index (κ1) is 24.1. The first-order chi connectivity index (χ1) is 17.4. The number of hydrogen-bond acceptors (Lipinski definition) is 5. The number of anilines is 1. The Bertz CT molecular complexity index is 1380. The summed E-state index contributed by atoms with van der Waals surface area (Å²) in [6, 6.07) is 15.7. The Morgan fingerprint density at radius 1 is 1.11 bits per heavy atom. The van der Waals surface area contributed by atoms with Crippen LogP contribution in [0.25, 0.3) is 5.13 Å². The molecule has 1 aliphatic rings. The van der Waals surface area contributed by atoms with Gasteiger partial charge in [0.2, 0.25) is 5.91 Å². The van der Waals surface area contributed by atoms with Gasteiger partial charge >= 0.3 is 0 Å². The number of nitrogens with one attached hydrogen (secondary N) is 2. The van der Waals surface area contributed by atoms with Crippen molar-refractivity contribution in [3.05, 3.63) is 94.5 Å². The molecule has 0 unspecified atom stereocenters. The number of nitrogens with zero attached hydrogens (tertiary/aromatic N) is 4. The van der Waals surface area contributed by atoms with Gasteiger partial charge in [0.25, 0.3) is 0 Å². The molecule has 36 heavy (non-hydrogen) atoms. The topological polar surface area (TPSA) is 75.1 Å². The van der Waals surface area contributed by atoms with E-state index in [0.29, 0.717) is 18.1 Å². The summed E-state index contributed by atoms with van der Waals surface area (Å²) in [5, 5.41) is 10.1. The van der Waals surface area contributed by atoms with E-state index >= 15 is 0 Å². The van der Waals surface area contributed by atoms with Gasteiger partial charge in [-0.05, 0) is 68.4 Å². The maximum atomic E-state index is 12.9. The zero-order valence-corrected chi connectivity index (χ0v) is 22.1. The lowest BCUT2D eigenvalue weighted by Crippen LogP contribution is -2.33. The van der Waals surface area contributed by atoms with E-state index in [9.17, 15) is 4.79 Å². The van der Waals surface area contributed by atoms with Gasteiger partial charge < -0.3 is 15.5 Å². The number of thiocarbonyl (C=S) groups is 1. The first-order valence-electron chi connectivity index (χ1n) is 11.9. The highest BCUT2D eigenvalue weighted by Gasteiger charge is 2.41. The smallest absolute Gasteiger partial charge is 0.226 e. The second kappa shape index (κ2) is 10.2. The molecule has 1 aliphatic heterocycles. The lowest BCUT2D eigenvalue weighted by Gasteiger charge is -2.28. The van der Waals surface area contributed by atoms with Gasteiger partial charge in [-0.1, -0.05) is 24.3 Å². The molecule has 184 valence electrons. The minimum absolute atomic E-state index is 0.0413. The van der Waals surface area contributed by atoms with E-state index in [1.807, 2.05) is 61.0 Å². The number of hydrogen-bond donors (Lipinski definition) is 2. The Kier molecular flexibility index (Phi) is 6.84. The van der Waals surface area contributed by atoms with Crippen LogP contribution in [0.3, 0.4) is 0 Å². The Labute approximate surface area is 220 Å². The molecule has 0 saturated carbocycles. The number of rotatable bonds is 7. The third kappa shape index (κ3) is 4.64. The number of amides is 1. The van der Waals surface area contributed by atoms with E-state index in [2.05, 4.69) is 50.0 Å². The lowest BCUT2D eigenvalue weighted by molar-refractivity contribution is -0.116. The summed E-state index contributed by atoms with van der Waals surface area (Å²) in [6.07, 6.45) is 3.93. The van der Waals surface area contributed by atoms with Crippen molar-refractivity contribution in [3.8, 4) is 5.13 Å². The van der Waals surface area contributed by atoms with E-state index in [0.717, 1.165) is 39.0 Å². The van der Waals surface area contributed by atoms with Crippen molar-refractivity contribution in [2.75, 3.05) is 11.9 Å². The van der Waals surface area contributed by atoms with Gasteiger partial charge in [0.15, 0.2) is 10.2 Å². The van der Waals surface area contributed by atoms with Crippen molar-refractivity contribution < 1.29 is 4.79 Å². The number of thiazole rings is 1. The van der Waals surface area contributed by atoms with E-state index in [1.165, 1.54) is 0 Å². The monoisotopic (exact) mass is 516 g/mol. The zero-order valence-electron chi connectivity index (χ0n) is 20.4. The summed E-state index contributed by atoms with van der Waals surface area (Å²) in [4.78, 5) is 24.2. The Morgan fingerprint density at radius 2 is 1.92 bits per heavy atom. The predicted molar refractivity (Wildman–Crippen MR) is 147 cm³/mol. The van der Waals surface area contributed by atoms with E-state index in [1.54, 1.807) is 17.5 Å². The minimum atomic E-state index is -0.136. The second-order valence-electron chi connectivity index (χ2n) is 8.91. The first-order valence-corrected chi connectivity index (χ1v) is 13.1. The standard InChI is InChI=1S/C27H28N6OS2/c1-17-8-4-5-9-21(17)30-23(34)11-14-32-25(24(31-26(32)35)22-10-6-7-12-28-22)20-16-18(2)33(19(20)3)27-29-13-15-36-27/h4-10,12-13,15-16,24-25H,11,14H2,1-3H3,(H,30,34)(H,31,35)/t24-,25-/m1/s1. The number of para-hydroxylation sites is 1. The lowest BCUT2D eigenvalue weighted by atomic mass is 9.96. The highest BCUT2D eigenvalue weighted by Crippen LogP contribution is 2.41. The fourth-order valence-corrected chi connectivity index (χ4v) is 5.92. The second-order valence-corrected chi connectivity index (χ2v) is 10.2. The molecular weight excluding hydrogens is 488 g/mol. The van der Waals surface area contributed by atoms with Crippen molar-refractivity contribution in [2.45, 2.75) is 39.3 Å². The van der Waals surface area contributed by atoms with Crippen LogP contribution in [-0.2, 0) is 4.79 Å². The fourth-order valence-electron chi connectivity index (χ4n) is 4.84. The van der Waals surface area contributed by atoms with Crippen molar-refractivity contribution in [1.29, 1.82) is 0 Å². The third-order valence-corrected chi connectivity index (χ3v) is 7.71. The number of carbonyl (C=O) groups is 1. The van der Waals surface area contributed by atoms with Crippen LogP contribution in [0.4, 0.5) is 5.69 Å². The summed E-state index contributed by atoms with van der Waals surface area (Å²) in [5.74, 6) is -0.0413. The molecule has 4 aromatic rings. The van der Waals surface area contributed by atoms with E-state index in [4.69, 9.17) is 12.2 Å². The molecule has 0 radical (unpaired) electrons. The molecule has 3 aromatic heterocycles. The fraction of sp³-hybridized carbons (Fsp3) is 0.259. The van der Waals surface area contributed by atoms with Crippen LogP contribution < -0.4 is 10.6 Å². The van der Waals surface area contributed by atoms with Crippen molar-refractivity contribution in [1.82, 2.24) is 24.8 Å².